The van der Waals surface area contributed by atoms with Gasteiger partial charge in [-0.2, -0.15) is 0 Å². The van der Waals surface area contributed by atoms with Gasteiger partial charge in [0.1, 0.15) is 0 Å². The van der Waals surface area contributed by atoms with Crippen molar-refractivity contribution in [1.82, 2.24) is 10.6 Å². The molecule has 1 aromatic heterocycles. The van der Waals surface area contributed by atoms with Crippen molar-refractivity contribution in [1.29, 1.82) is 0 Å². The minimum absolute atomic E-state index is 0.0126. The van der Waals surface area contributed by atoms with E-state index in [1.807, 2.05) is 41.8 Å². The second-order valence-corrected chi connectivity index (χ2v) is 6.97. The molecular weight excluding hydrogens is 328 g/mol. The molecule has 0 atom stereocenters. The van der Waals surface area contributed by atoms with Crippen molar-refractivity contribution < 1.29 is 4.79 Å². The van der Waals surface area contributed by atoms with Gasteiger partial charge in [0.15, 0.2) is 0 Å². The van der Waals surface area contributed by atoms with Crippen molar-refractivity contribution in [2.75, 3.05) is 6.54 Å². The number of nitrogens with one attached hydrogen (secondary N) is 2. The van der Waals surface area contributed by atoms with Crippen LogP contribution in [0.2, 0.25) is 5.02 Å². The highest BCUT2D eigenvalue weighted by Crippen LogP contribution is 2.29. The van der Waals surface area contributed by atoms with Gasteiger partial charge in [-0.1, -0.05) is 43.6 Å². The zero-order valence-corrected chi connectivity index (χ0v) is 15.1. The van der Waals surface area contributed by atoms with Crippen LogP contribution in [0.5, 0.6) is 0 Å². The minimum Gasteiger partial charge on any atom is -0.350 e. The lowest BCUT2D eigenvalue weighted by Gasteiger charge is -2.33. The molecule has 23 heavy (non-hydrogen) atoms. The fourth-order valence-corrected chi connectivity index (χ4v) is 3.46. The molecular formula is C18H23ClN2OS. The van der Waals surface area contributed by atoms with Crippen LogP contribution in [-0.2, 0) is 16.9 Å². The van der Waals surface area contributed by atoms with Gasteiger partial charge in [-0.25, -0.2) is 0 Å². The van der Waals surface area contributed by atoms with Gasteiger partial charge in [-0.15, -0.1) is 11.3 Å². The van der Waals surface area contributed by atoms with Crippen molar-refractivity contribution in [3.63, 3.8) is 0 Å². The largest absolute Gasteiger partial charge is 0.350 e. The van der Waals surface area contributed by atoms with Crippen molar-refractivity contribution >= 4 is 28.8 Å². The molecule has 1 heterocycles. The Balaban J connectivity index is 1.96. The molecule has 2 N–H and O–H groups in total. The summed E-state index contributed by atoms with van der Waals surface area (Å²) in [5.74, 6) is 0.0126. The van der Waals surface area contributed by atoms with E-state index in [9.17, 15) is 4.79 Å². The van der Waals surface area contributed by atoms with E-state index >= 15 is 0 Å². The van der Waals surface area contributed by atoms with Crippen LogP contribution < -0.4 is 10.6 Å². The van der Waals surface area contributed by atoms with Gasteiger partial charge in [-0.05, 0) is 42.0 Å². The first-order chi connectivity index (χ1) is 11.1. The molecule has 0 bridgehead atoms. The maximum absolute atomic E-state index is 12.1. The normalized spacial score (nSPS) is 11.4. The number of hydrogen-bond donors (Lipinski definition) is 2. The van der Waals surface area contributed by atoms with Gasteiger partial charge in [-0.3, -0.25) is 10.1 Å². The van der Waals surface area contributed by atoms with Crippen LogP contribution in [0.25, 0.3) is 0 Å². The van der Waals surface area contributed by atoms with Crippen molar-refractivity contribution in [2.24, 2.45) is 0 Å². The summed E-state index contributed by atoms with van der Waals surface area (Å²) < 4.78 is 0. The molecule has 0 aliphatic carbocycles. The first-order valence-electron chi connectivity index (χ1n) is 7.90. The van der Waals surface area contributed by atoms with E-state index in [0.717, 1.165) is 28.3 Å². The molecule has 5 heteroatoms. The molecule has 1 amide bonds. The van der Waals surface area contributed by atoms with Crippen LogP contribution in [-0.4, -0.2) is 12.5 Å². The summed E-state index contributed by atoms with van der Waals surface area (Å²) in [6.45, 7) is 5.16. The highest BCUT2D eigenvalue weighted by molar-refractivity contribution is 7.09. The zero-order chi connectivity index (χ0) is 16.7. The summed E-state index contributed by atoms with van der Waals surface area (Å²) in [5.41, 5.74) is 0.961. The Kier molecular flexibility index (Phi) is 6.63. The summed E-state index contributed by atoms with van der Waals surface area (Å²) in [7, 11) is 0. The summed E-state index contributed by atoms with van der Waals surface area (Å²) in [6.07, 6.45) is 1.81. The number of amides is 1. The molecule has 3 nitrogen and oxygen atoms in total. The number of hydrogen-bond acceptors (Lipinski definition) is 3. The number of carbonyl (C=O) groups excluding carboxylic acids is 1. The lowest BCUT2D eigenvalue weighted by molar-refractivity contribution is -0.120. The predicted octanol–water partition coefficient (Wildman–Crippen LogP) is 4.32. The highest BCUT2D eigenvalue weighted by atomic mass is 35.5. The van der Waals surface area contributed by atoms with Gasteiger partial charge in [0, 0.05) is 15.4 Å². The molecule has 2 aromatic rings. The fourth-order valence-electron chi connectivity index (χ4n) is 2.69. The number of carbonyl (C=O) groups is 1. The Morgan fingerprint density at radius 2 is 1.87 bits per heavy atom. The van der Waals surface area contributed by atoms with E-state index in [-0.39, 0.29) is 11.4 Å². The predicted molar refractivity (Wildman–Crippen MR) is 97.9 cm³/mol. The van der Waals surface area contributed by atoms with E-state index in [2.05, 4.69) is 24.5 Å². The summed E-state index contributed by atoms with van der Waals surface area (Å²) in [5, 5.41) is 9.14. The van der Waals surface area contributed by atoms with Crippen molar-refractivity contribution in [3.8, 4) is 0 Å². The van der Waals surface area contributed by atoms with Crippen LogP contribution >= 0.6 is 22.9 Å². The third-order valence-corrected chi connectivity index (χ3v) is 5.36. The minimum atomic E-state index is -0.204. The number of halogens is 1. The quantitative estimate of drug-likeness (QED) is 0.744. The maximum Gasteiger partial charge on any atom is 0.234 e. The number of rotatable bonds is 8. The summed E-state index contributed by atoms with van der Waals surface area (Å²) >= 11 is 7.63. The molecule has 124 valence electrons. The number of benzene rings is 1. The van der Waals surface area contributed by atoms with Crippen LogP contribution in [0.4, 0.5) is 0 Å². The molecule has 0 saturated carbocycles. The number of thiophene rings is 1. The molecule has 0 radical (unpaired) electrons. The Bertz CT molecular complexity index is 606. The van der Waals surface area contributed by atoms with E-state index < -0.39 is 0 Å². The van der Waals surface area contributed by atoms with Crippen LogP contribution in [0, 0.1) is 0 Å². The Morgan fingerprint density at radius 1 is 1.17 bits per heavy atom. The Labute approximate surface area is 147 Å². The first-order valence-corrected chi connectivity index (χ1v) is 9.15. The topological polar surface area (TPSA) is 41.1 Å². The lowest BCUT2D eigenvalue weighted by atomic mass is 9.84. The lowest BCUT2D eigenvalue weighted by Crippen LogP contribution is -2.46. The highest BCUT2D eigenvalue weighted by Gasteiger charge is 2.28. The SMILES string of the molecule is CCC(CC)(NCC(=O)NCc1cccs1)c1ccc(Cl)cc1. The van der Waals surface area contributed by atoms with Gasteiger partial charge < -0.3 is 5.32 Å². The van der Waals surface area contributed by atoms with Gasteiger partial charge in [0.2, 0.25) is 5.91 Å². The van der Waals surface area contributed by atoms with Crippen LogP contribution in [0.15, 0.2) is 41.8 Å². The molecule has 0 aliphatic rings. The monoisotopic (exact) mass is 350 g/mol. The summed E-state index contributed by atoms with van der Waals surface area (Å²) in [4.78, 5) is 13.3. The van der Waals surface area contributed by atoms with Gasteiger partial charge >= 0.3 is 0 Å². The molecule has 0 spiro atoms. The molecule has 2 rings (SSSR count). The third-order valence-electron chi connectivity index (χ3n) is 4.23. The van der Waals surface area contributed by atoms with Crippen LogP contribution in [0.3, 0.4) is 0 Å². The second kappa shape index (κ2) is 8.48. The molecule has 0 unspecified atom stereocenters. The van der Waals surface area contributed by atoms with Crippen molar-refractivity contribution in [3.05, 3.63) is 57.2 Å². The smallest absolute Gasteiger partial charge is 0.234 e. The third kappa shape index (κ3) is 4.80. The second-order valence-electron chi connectivity index (χ2n) is 5.51. The Morgan fingerprint density at radius 3 is 2.43 bits per heavy atom. The first kappa shape index (κ1) is 18.0. The Hall–Kier alpha value is -1.36. The molecule has 1 aromatic carbocycles. The van der Waals surface area contributed by atoms with E-state index in [4.69, 9.17) is 11.6 Å². The van der Waals surface area contributed by atoms with Crippen molar-refractivity contribution in [2.45, 2.75) is 38.8 Å². The fraction of sp³-hybridized carbons (Fsp3) is 0.389. The molecule has 0 aliphatic heterocycles. The van der Waals surface area contributed by atoms with E-state index in [1.54, 1.807) is 11.3 Å². The standard InChI is InChI=1S/C18H23ClN2OS/c1-3-18(4-2,14-7-9-15(19)10-8-14)21-13-17(22)20-12-16-6-5-11-23-16/h5-11,21H,3-4,12-13H2,1-2H3,(H,20,22). The average Bonchev–Trinajstić information content (AvgIpc) is 3.09. The zero-order valence-electron chi connectivity index (χ0n) is 13.6. The van der Waals surface area contributed by atoms with Gasteiger partial charge in [0.25, 0.3) is 0 Å². The molecule has 0 saturated heterocycles. The maximum atomic E-state index is 12.1. The van der Waals surface area contributed by atoms with E-state index in [1.165, 1.54) is 0 Å². The van der Waals surface area contributed by atoms with Crippen LogP contribution in [0.1, 0.15) is 37.1 Å². The summed E-state index contributed by atoms with van der Waals surface area (Å²) in [6, 6.07) is 11.9. The van der Waals surface area contributed by atoms with Gasteiger partial charge in [0.05, 0.1) is 13.1 Å². The van der Waals surface area contributed by atoms with E-state index in [0.29, 0.717) is 13.1 Å². The molecule has 0 fully saturated rings. The average molecular weight is 351 g/mol.